The fourth-order valence-corrected chi connectivity index (χ4v) is 3.65. The van der Waals surface area contributed by atoms with Gasteiger partial charge in [-0.15, -0.1) is 11.8 Å². The van der Waals surface area contributed by atoms with Crippen LogP contribution in [0.5, 0.6) is 0 Å². The first-order chi connectivity index (χ1) is 9.58. The van der Waals surface area contributed by atoms with E-state index in [-0.39, 0.29) is 11.3 Å². The van der Waals surface area contributed by atoms with E-state index in [4.69, 9.17) is 17.3 Å². The summed E-state index contributed by atoms with van der Waals surface area (Å²) in [5.41, 5.74) is 9.87. The molecule has 106 valence electrons. The SMILES string of the molecule is Cc1ccc(C(SCc2ccccc2Cl)C(C)N)cc1. The Morgan fingerprint density at radius 2 is 1.75 bits per heavy atom. The molecule has 2 N–H and O–H groups in total. The Morgan fingerprint density at radius 1 is 1.10 bits per heavy atom. The molecule has 0 aliphatic carbocycles. The second kappa shape index (κ2) is 7.16. The van der Waals surface area contributed by atoms with Gasteiger partial charge in [0.15, 0.2) is 0 Å². The second-order valence-corrected chi connectivity index (χ2v) is 6.63. The summed E-state index contributed by atoms with van der Waals surface area (Å²) in [5, 5.41) is 1.11. The van der Waals surface area contributed by atoms with Crippen LogP contribution in [-0.4, -0.2) is 6.04 Å². The molecule has 0 saturated carbocycles. The van der Waals surface area contributed by atoms with Gasteiger partial charge in [-0.05, 0) is 31.0 Å². The molecule has 0 fully saturated rings. The van der Waals surface area contributed by atoms with Crippen LogP contribution in [0.4, 0.5) is 0 Å². The van der Waals surface area contributed by atoms with Crippen LogP contribution in [0.2, 0.25) is 5.02 Å². The molecule has 2 aromatic carbocycles. The standard InChI is InChI=1S/C17H20ClNS/c1-12-7-9-14(10-8-12)17(13(2)19)20-11-15-5-3-4-6-16(15)18/h3-10,13,17H,11,19H2,1-2H3. The summed E-state index contributed by atoms with van der Waals surface area (Å²) in [6.45, 7) is 4.16. The first kappa shape index (κ1) is 15.4. The molecule has 0 bridgehead atoms. The monoisotopic (exact) mass is 305 g/mol. The van der Waals surface area contributed by atoms with Crippen LogP contribution in [-0.2, 0) is 5.75 Å². The molecule has 0 saturated heterocycles. The Hall–Kier alpha value is -0.960. The third-order valence-corrected chi connectivity index (χ3v) is 5.17. The number of aryl methyl sites for hydroxylation is 1. The molecule has 0 aromatic heterocycles. The van der Waals surface area contributed by atoms with E-state index in [1.54, 1.807) is 0 Å². The van der Waals surface area contributed by atoms with Crippen LogP contribution in [0.3, 0.4) is 0 Å². The maximum absolute atomic E-state index is 6.21. The molecule has 2 unspecified atom stereocenters. The molecule has 0 radical (unpaired) electrons. The van der Waals surface area contributed by atoms with Crippen LogP contribution in [0.25, 0.3) is 0 Å². The van der Waals surface area contributed by atoms with Crippen molar-refractivity contribution in [2.45, 2.75) is 30.9 Å². The summed E-state index contributed by atoms with van der Waals surface area (Å²) in [6, 6.07) is 16.7. The van der Waals surface area contributed by atoms with Crippen LogP contribution in [0.1, 0.15) is 28.9 Å². The summed E-state index contributed by atoms with van der Waals surface area (Å²) < 4.78 is 0. The van der Waals surface area contributed by atoms with Gasteiger partial charge in [-0.1, -0.05) is 59.6 Å². The van der Waals surface area contributed by atoms with Crippen molar-refractivity contribution in [1.82, 2.24) is 0 Å². The number of thioether (sulfide) groups is 1. The van der Waals surface area contributed by atoms with Crippen LogP contribution in [0, 0.1) is 6.92 Å². The minimum absolute atomic E-state index is 0.102. The van der Waals surface area contributed by atoms with E-state index in [9.17, 15) is 0 Å². The molecule has 20 heavy (non-hydrogen) atoms. The molecule has 3 heteroatoms. The molecule has 2 atom stereocenters. The summed E-state index contributed by atoms with van der Waals surface area (Å²) in [7, 11) is 0. The summed E-state index contributed by atoms with van der Waals surface area (Å²) in [4.78, 5) is 0. The van der Waals surface area contributed by atoms with Crippen LogP contribution < -0.4 is 5.73 Å². The molecule has 0 aliphatic rings. The predicted octanol–water partition coefficient (Wildman–Crippen LogP) is 4.97. The molecule has 2 rings (SSSR count). The lowest BCUT2D eigenvalue weighted by molar-refractivity contribution is 0.721. The number of benzene rings is 2. The van der Waals surface area contributed by atoms with Gasteiger partial charge in [0.2, 0.25) is 0 Å². The van der Waals surface area contributed by atoms with Crippen molar-refractivity contribution in [3.05, 3.63) is 70.2 Å². The maximum atomic E-state index is 6.21. The van der Waals surface area contributed by atoms with E-state index in [1.165, 1.54) is 11.1 Å². The molecule has 0 spiro atoms. The highest BCUT2D eigenvalue weighted by Gasteiger charge is 2.17. The number of hydrogen-bond donors (Lipinski definition) is 1. The lowest BCUT2D eigenvalue weighted by Crippen LogP contribution is -2.22. The molecule has 0 aliphatic heterocycles. The molecule has 0 heterocycles. The van der Waals surface area contributed by atoms with Gasteiger partial charge in [0, 0.05) is 22.1 Å². The zero-order chi connectivity index (χ0) is 14.5. The topological polar surface area (TPSA) is 26.0 Å². The largest absolute Gasteiger partial charge is 0.327 e. The zero-order valence-corrected chi connectivity index (χ0v) is 13.4. The molecule has 0 amide bonds. The van der Waals surface area contributed by atoms with Crippen molar-refractivity contribution in [3.8, 4) is 0 Å². The molecular weight excluding hydrogens is 286 g/mol. The highest BCUT2D eigenvalue weighted by molar-refractivity contribution is 7.98. The van der Waals surface area contributed by atoms with Gasteiger partial charge in [0.25, 0.3) is 0 Å². The molecule has 1 nitrogen and oxygen atoms in total. The quantitative estimate of drug-likeness (QED) is 0.844. The van der Waals surface area contributed by atoms with Crippen LogP contribution >= 0.6 is 23.4 Å². The van der Waals surface area contributed by atoms with Gasteiger partial charge in [0.05, 0.1) is 0 Å². The summed E-state index contributed by atoms with van der Waals surface area (Å²) in [6.07, 6.45) is 0. The number of nitrogens with two attached hydrogens (primary N) is 1. The summed E-state index contributed by atoms with van der Waals surface area (Å²) in [5.74, 6) is 0.875. The fraction of sp³-hybridized carbons (Fsp3) is 0.294. The minimum Gasteiger partial charge on any atom is -0.327 e. The highest BCUT2D eigenvalue weighted by atomic mass is 35.5. The summed E-state index contributed by atoms with van der Waals surface area (Å²) >= 11 is 8.06. The van der Waals surface area contributed by atoms with E-state index < -0.39 is 0 Å². The van der Waals surface area contributed by atoms with Gasteiger partial charge >= 0.3 is 0 Å². The van der Waals surface area contributed by atoms with Gasteiger partial charge < -0.3 is 5.73 Å². The number of hydrogen-bond acceptors (Lipinski definition) is 2. The van der Waals surface area contributed by atoms with Gasteiger partial charge in [-0.2, -0.15) is 0 Å². The lowest BCUT2D eigenvalue weighted by atomic mass is 10.1. The average Bonchev–Trinajstić information content (AvgIpc) is 2.42. The first-order valence-electron chi connectivity index (χ1n) is 6.75. The Bertz CT molecular complexity index is 551. The minimum atomic E-state index is 0.102. The van der Waals surface area contributed by atoms with E-state index in [1.807, 2.05) is 30.0 Å². The van der Waals surface area contributed by atoms with Crippen molar-refractivity contribution in [1.29, 1.82) is 0 Å². The third kappa shape index (κ3) is 4.02. The second-order valence-electron chi connectivity index (χ2n) is 5.09. The third-order valence-electron chi connectivity index (χ3n) is 3.26. The van der Waals surface area contributed by atoms with Gasteiger partial charge in [-0.3, -0.25) is 0 Å². The Morgan fingerprint density at radius 3 is 2.35 bits per heavy atom. The average molecular weight is 306 g/mol. The van der Waals surface area contributed by atoms with E-state index in [2.05, 4.69) is 44.2 Å². The molecule has 2 aromatic rings. The maximum Gasteiger partial charge on any atom is 0.0448 e. The van der Waals surface area contributed by atoms with Crippen molar-refractivity contribution in [2.24, 2.45) is 5.73 Å². The zero-order valence-electron chi connectivity index (χ0n) is 11.8. The predicted molar refractivity (Wildman–Crippen MR) is 90.3 cm³/mol. The highest BCUT2D eigenvalue weighted by Crippen LogP contribution is 2.35. The van der Waals surface area contributed by atoms with Crippen molar-refractivity contribution < 1.29 is 0 Å². The smallest absolute Gasteiger partial charge is 0.0448 e. The fourth-order valence-electron chi connectivity index (χ4n) is 2.10. The first-order valence-corrected chi connectivity index (χ1v) is 8.18. The van der Waals surface area contributed by atoms with Crippen molar-refractivity contribution >= 4 is 23.4 Å². The normalized spacial score (nSPS) is 14.0. The Balaban J connectivity index is 2.11. The molecular formula is C17H20ClNS. The van der Waals surface area contributed by atoms with Gasteiger partial charge in [-0.25, -0.2) is 0 Å². The Labute approximate surface area is 130 Å². The van der Waals surface area contributed by atoms with Crippen molar-refractivity contribution in [3.63, 3.8) is 0 Å². The number of halogens is 1. The van der Waals surface area contributed by atoms with Crippen molar-refractivity contribution in [2.75, 3.05) is 0 Å². The van der Waals surface area contributed by atoms with Gasteiger partial charge in [0.1, 0.15) is 0 Å². The van der Waals surface area contributed by atoms with E-state index in [0.29, 0.717) is 0 Å². The van der Waals surface area contributed by atoms with Crippen LogP contribution in [0.15, 0.2) is 48.5 Å². The lowest BCUT2D eigenvalue weighted by Gasteiger charge is -2.21. The van der Waals surface area contributed by atoms with E-state index >= 15 is 0 Å². The number of rotatable bonds is 5. The Kier molecular flexibility index (Phi) is 5.53. The van der Waals surface area contributed by atoms with E-state index in [0.717, 1.165) is 16.3 Å².